The van der Waals surface area contributed by atoms with Crippen LogP contribution < -0.4 is 0 Å². The average molecular weight is 189 g/mol. The molecular weight excluding hydrogens is 176 g/mol. The van der Waals surface area contributed by atoms with Crippen LogP contribution in [0.5, 0.6) is 0 Å². The van der Waals surface area contributed by atoms with E-state index >= 15 is 0 Å². The summed E-state index contributed by atoms with van der Waals surface area (Å²) >= 11 is 0. The van der Waals surface area contributed by atoms with Crippen LogP contribution in [0.1, 0.15) is 16.7 Å². The van der Waals surface area contributed by atoms with Gasteiger partial charge in [-0.15, -0.1) is 0 Å². The van der Waals surface area contributed by atoms with Crippen molar-refractivity contribution in [2.75, 3.05) is 6.61 Å². The molecule has 0 aromatic heterocycles. The maximum atomic E-state index is 9.76. The average Bonchev–Trinajstić information content (AvgIpc) is 2.18. The molecule has 0 spiro atoms. The lowest BCUT2D eigenvalue weighted by molar-refractivity contribution is 0.314. The standard InChI is InChI=1S/C12H13O2/c1-10-5-6-11(2)12(8-10)4-3-7-14-9-13/h3-6,8H,7H2,1-2H3/b4-3+. The van der Waals surface area contributed by atoms with Crippen molar-refractivity contribution in [2.24, 2.45) is 0 Å². The van der Waals surface area contributed by atoms with Crippen LogP contribution in [0, 0.1) is 13.8 Å². The van der Waals surface area contributed by atoms with E-state index in [1.165, 1.54) is 17.6 Å². The van der Waals surface area contributed by atoms with E-state index in [1.807, 2.05) is 19.9 Å². The van der Waals surface area contributed by atoms with E-state index in [9.17, 15) is 4.79 Å². The van der Waals surface area contributed by atoms with Gasteiger partial charge in [-0.2, -0.15) is 0 Å². The zero-order chi connectivity index (χ0) is 10.4. The van der Waals surface area contributed by atoms with Gasteiger partial charge in [-0.3, -0.25) is 0 Å². The van der Waals surface area contributed by atoms with E-state index < -0.39 is 0 Å². The smallest absolute Gasteiger partial charge is 0.417 e. The molecule has 1 radical (unpaired) electrons. The van der Waals surface area contributed by atoms with Gasteiger partial charge in [0, 0.05) is 0 Å². The van der Waals surface area contributed by atoms with E-state index in [4.69, 9.17) is 0 Å². The lowest BCUT2D eigenvalue weighted by atomic mass is 10.1. The van der Waals surface area contributed by atoms with E-state index in [0.717, 1.165) is 5.56 Å². The van der Waals surface area contributed by atoms with Crippen LogP contribution in [0.4, 0.5) is 0 Å². The molecule has 0 amide bonds. The first-order chi connectivity index (χ1) is 6.74. The zero-order valence-corrected chi connectivity index (χ0v) is 8.41. The molecule has 0 heterocycles. The Morgan fingerprint density at radius 1 is 1.43 bits per heavy atom. The van der Waals surface area contributed by atoms with Crippen molar-refractivity contribution >= 4 is 12.5 Å². The van der Waals surface area contributed by atoms with Crippen molar-refractivity contribution in [1.82, 2.24) is 0 Å². The Hall–Kier alpha value is -1.57. The quantitative estimate of drug-likeness (QED) is 0.680. The number of benzene rings is 1. The fraction of sp³-hybridized carbons (Fsp3) is 0.250. The van der Waals surface area contributed by atoms with Crippen LogP contribution in [0.2, 0.25) is 0 Å². The van der Waals surface area contributed by atoms with Gasteiger partial charge in [0.05, 0.1) is 0 Å². The van der Waals surface area contributed by atoms with Crippen LogP contribution in [0.15, 0.2) is 24.3 Å². The maximum Gasteiger partial charge on any atom is 0.417 e. The molecule has 0 aliphatic rings. The normalized spacial score (nSPS) is 10.4. The van der Waals surface area contributed by atoms with Gasteiger partial charge >= 0.3 is 6.47 Å². The molecule has 0 aliphatic heterocycles. The molecule has 2 heteroatoms. The second kappa shape index (κ2) is 5.22. The summed E-state index contributed by atoms with van der Waals surface area (Å²) in [6.45, 7) is 5.75. The highest BCUT2D eigenvalue weighted by atomic mass is 16.5. The van der Waals surface area contributed by atoms with Crippen molar-refractivity contribution in [3.8, 4) is 0 Å². The lowest BCUT2D eigenvalue weighted by Gasteiger charge is -2.01. The highest BCUT2D eigenvalue weighted by molar-refractivity contribution is 5.54. The molecule has 0 unspecified atom stereocenters. The summed E-state index contributed by atoms with van der Waals surface area (Å²) in [4.78, 5) is 9.76. The summed E-state index contributed by atoms with van der Waals surface area (Å²) < 4.78 is 4.43. The van der Waals surface area contributed by atoms with Crippen molar-refractivity contribution < 1.29 is 9.53 Å². The third kappa shape index (κ3) is 3.05. The van der Waals surface area contributed by atoms with Gasteiger partial charge in [0.15, 0.2) is 0 Å². The molecule has 0 fully saturated rings. The van der Waals surface area contributed by atoms with E-state index in [0.29, 0.717) is 0 Å². The minimum atomic E-state index is 0.275. The molecule has 0 N–H and O–H groups in total. The molecule has 1 aromatic carbocycles. The first-order valence-corrected chi connectivity index (χ1v) is 4.47. The summed E-state index contributed by atoms with van der Waals surface area (Å²) in [5, 5.41) is 0. The second-order valence-electron chi connectivity index (χ2n) is 3.16. The van der Waals surface area contributed by atoms with Gasteiger partial charge in [-0.25, -0.2) is 4.79 Å². The number of hydrogen-bond donors (Lipinski definition) is 0. The largest absolute Gasteiger partial charge is 0.453 e. The third-order valence-corrected chi connectivity index (χ3v) is 1.97. The van der Waals surface area contributed by atoms with Gasteiger partial charge in [-0.05, 0) is 31.1 Å². The number of hydrogen-bond acceptors (Lipinski definition) is 2. The molecule has 2 nitrogen and oxygen atoms in total. The van der Waals surface area contributed by atoms with Crippen LogP contribution in [0.3, 0.4) is 0 Å². The summed E-state index contributed by atoms with van der Waals surface area (Å²) in [5.74, 6) is 0. The summed E-state index contributed by atoms with van der Waals surface area (Å²) in [6, 6.07) is 6.24. The monoisotopic (exact) mass is 189 g/mol. The molecular formula is C12H13O2. The molecule has 0 bridgehead atoms. The molecule has 14 heavy (non-hydrogen) atoms. The minimum absolute atomic E-state index is 0.275. The summed E-state index contributed by atoms with van der Waals surface area (Å²) in [6.07, 6.45) is 3.74. The van der Waals surface area contributed by atoms with Crippen LogP contribution in [-0.4, -0.2) is 13.1 Å². The number of rotatable bonds is 4. The highest BCUT2D eigenvalue weighted by Gasteiger charge is 1.93. The predicted octanol–water partition coefficient (Wildman–Crippen LogP) is 2.40. The molecule has 0 saturated heterocycles. The van der Waals surface area contributed by atoms with Gasteiger partial charge in [0.2, 0.25) is 0 Å². The van der Waals surface area contributed by atoms with Crippen LogP contribution in [-0.2, 0) is 9.53 Å². The van der Waals surface area contributed by atoms with E-state index in [2.05, 4.69) is 22.9 Å². The number of ether oxygens (including phenoxy) is 1. The molecule has 0 saturated carbocycles. The van der Waals surface area contributed by atoms with Gasteiger partial charge in [-0.1, -0.05) is 29.8 Å². The SMILES string of the molecule is Cc1ccc(C)c(/C=C/CO[C]=O)c1. The molecule has 73 valence electrons. The predicted molar refractivity (Wildman–Crippen MR) is 56.6 cm³/mol. The van der Waals surface area contributed by atoms with E-state index in [-0.39, 0.29) is 6.61 Å². The Balaban J connectivity index is 2.70. The van der Waals surface area contributed by atoms with Crippen molar-refractivity contribution in [3.05, 3.63) is 41.0 Å². The first-order valence-electron chi connectivity index (χ1n) is 4.47. The molecule has 1 rings (SSSR count). The lowest BCUT2D eigenvalue weighted by Crippen LogP contribution is -1.86. The molecule has 0 atom stereocenters. The summed E-state index contributed by atoms with van der Waals surface area (Å²) in [7, 11) is 0. The summed E-state index contributed by atoms with van der Waals surface area (Å²) in [5.41, 5.74) is 3.58. The fourth-order valence-electron chi connectivity index (χ4n) is 1.20. The van der Waals surface area contributed by atoms with Crippen LogP contribution >= 0.6 is 0 Å². The fourth-order valence-corrected chi connectivity index (χ4v) is 1.20. The second-order valence-corrected chi connectivity index (χ2v) is 3.16. The molecule has 0 aliphatic carbocycles. The van der Waals surface area contributed by atoms with Crippen molar-refractivity contribution in [1.29, 1.82) is 0 Å². The number of aryl methyl sites for hydroxylation is 2. The van der Waals surface area contributed by atoms with Crippen LogP contribution in [0.25, 0.3) is 6.08 Å². The zero-order valence-electron chi connectivity index (χ0n) is 8.41. The Morgan fingerprint density at radius 2 is 2.21 bits per heavy atom. The minimum Gasteiger partial charge on any atom is -0.453 e. The number of carbonyl (C=O) groups excluding carboxylic acids is 1. The first kappa shape index (κ1) is 10.5. The van der Waals surface area contributed by atoms with E-state index in [1.54, 1.807) is 6.08 Å². The topological polar surface area (TPSA) is 26.3 Å². The Labute approximate surface area is 84.2 Å². The van der Waals surface area contributed by atoms with Crippen molar-refractivity contribution in [3.63, 3.8) is 0 Å². The molecule has 1 aromatic rings. The maximum absolute atomic E-state index is 9.76. The van der Waals surface area contributed by atoms with Crippen molar-refractivity contribution in [2.45, 2.75) is 13.8 Å². The van der Waals surface area contributed by atoms with Gasteiger partial charge < -0.3 is 4.74 Å². The third-order valence-electron chi connectivity index (χ3n) is 1.97. The Bertz CT molecular complexity index is 340. The Kier molecular flexibility index (Phi) is 3.92. The van der Waals surface area contributed by atoms with Gasteiger partial charge in [0.1, 0.15) is 6.61 Å². The van der Waals surface area contributed by atoms with Gasteiger partial charge in [0.25, 0.3) is 0 Å². The Morgan fingerprint density at radius 3 is 2.93 bits per heavy atom. The highest BCUT2D eigenvalue weighted by Crippen LogP contribution is 2.11.